The molecule has 0 unspecified atom stereocenters. The largest absolute Gasteiger partial charge is 0.487 e. The monoisotopic (exact) mass is 603 g/mol. The molecule has 41 heavy (non-hydrogen) atoms. The molecule has 0 atom stereocenters. The SMILES string of the molecule is COC(=O)CCS(=O)(=O)N1CC=C(c2ccc3cc(OCc4ccccc4)c(N4CC(=O)NS4(=O)=O)c(F)c3c2)C1. The van der Waals surface area contributed by atoms with Crippen LogP contribution >= 0.6 is 0 Å². The zero-order valence-electron chi connectivity index (χ0n) is 21.9. The fourth-order valence-corrected chi connectivity index (χ4v) is 7.12. The van der Waals surface area contributed by atoms with Crippen molar-refractivity contribution in [2.45, 2.75) is 13.0 Å². The third-order valence-corrected chi connectivity index (χ3v) is 9.93. The van der Waals surface area contributed by atoms with Crippen LogP contribution in [-0.2, 0) is 41.2 Å². The fourth-order valence-electron chi connectivity index (χ4n) is 4.64. The highest BCUT2D eigenvalue weighted by Gasteiger charge is 2.38. The molecule has 216 valence electrons. The Morgan fingerprint density at radius 2 is 1.85 bits per heavy atom. The highest BCUT2D eigenvalue weighted by molar-refractivity contribution is 7.92. The molecular formula is C27H26FN3O8S2. The number of esters is 1. The first-order valence-electron chi connectivity index (χ1n) is 12.5. The summed E-state index contributed by atoms with van der Waals surface area (Å²) in [6, 6.07) is 15.4. The molecule has 5 rings (SSSR count). The number of anilines is 1. The Hall–Kier alpha value is -4.01. The number of halogens is 1. The Labute approximate surface area is 236 Å². The van der Waals surface area contributed by atoms with Gasteiger partial charge in [0, 0.05) is 18.5 Å². The van der Waals surface area contributed by atoms with E-state index in [1.165, 1.54) is 23.5 Å². The highest BCUT2D eigenvalue weighted by Crippen LogP contribution is 2.40. The first kappa shape index (κ1) is 28.5. The van der Waals surface area contributed by atoms with Crippen LogP contribution in [0.2, 0.25) is 0 Å². The van der Waals surface area contributed by atoms with Gasteiger partial charge in [-0.05, 0) is 34.2 Å². The lowest BCUT2D eigenvalue weighted by atomic mass is 10.0. The van der Waals surface area contributed by atoms with Crippen molar-refractivity contribution >= 4 is 54.1 Å². The van der Waals surface area contributed by atoms with Crippen molar-refractivity contribution in [3.8, 4) is 5.75 Å². The zero-order valence-corrected chi connectivity index (χ0v) is 23.5. The lowest BCUT2D eigenvalue weighted by Gasteiger charge is -2.21. The van der Waals surface area contributed by atoms with E-state index in [0.29, 0.717) is 20.8 Å². The van der Waals surface area contributed by atoms with Gasteiger partial charge in [0.05, 0.1) is 19.3 Å². The molecule has 2 heterocycles. The lowest BCUT2D eigenvalue weighted by Crippen LogP contribution is -2.32. The van der Waals surface area contributed by atoms with E-state index in [0.717, 1.165) is 5.56 Å². The van der Waals surface area contributed by atoms with Crippen LogP contribution in [0.25, 0.3) is 16.3 Å². The second-order valence-electron chi connectivity index (χ2n) is 9.45. The molecule has 14 heteroatoms. The van der Waals surface area contributed by atoms with Crippen LogP contribution < -0.4 is 13.8 Å². The van der Waals surface area contributed by atoms with Crippen LogP contribution in [0.5, 0.6) is 5.75 Å². The summed E-state index contributed by atoms with van der Waals surface area (Å²) in [4.78, 5) is 23.4. The molecule has 3 aromatic rings. The van der Waals surface area contributed by atoms with E-state index in [9.17, 15) is 26.4 Å². The molecule has 2 aliphatic heterocycles. The molecule has 0 saturated carbocycles. The van der Waals surface area contributed by atoms with Crippen LogP contribution in [0, 0.1) is 5.82 Å². The maximum absolute atomic E-state index is 16.2. The van der Waals surface area contributed by atoms with Crippen LogP contribution in [0.3, 0.4) is 0 Å². The van der Waals surface area contributed by atoms with Crippen molar-refractivity contribution < 1.29 is 40.3 Å². The molecule has 0 bridgehead atoms. The minimum Gasteiger partial charge on any atom is -0.487 e. The van der Waals surface area contributed by atoms with Crippen LogP contribution in [-0.4, -0.2) is 65.5 Å². The molecule has 3 aromatic carbocycles. The molecule has 1 N–H and O–H groups in total. The van der Waals surface area contributed by atoms with Gasteiger partial charge in [0.15, 0.2) is 5.82 Å². The van der Waals surface area contributed by atoms with E-state index >= 15 is 4.39 Å². The first-order valence-corrected chi connectivity index (χ1v) is 15.5. The molecule has 2 aliphatic rings. The van der Waals surface area contributed by atoms with E-state index < -0.39 is 55.9 Å². The van der Waals surface area contributed by atoms with Crippen LogP contribution in [0.1, 0.15) is 17.5 Å². The van der Waals surface area contributed by atoms with Crippen LogP contribution in [0.4, 0.5) is 10.1 Å². The van der Waals surface area contributed by atoms with Gasteiger partial charge in [0.1, 0.15) is 24.6 Å². The second kappa shape index (κ2) is 11.1. The maximum Gasteiger partial charge on any atom is 0.326 e. The second-order valence-corrected chi connectivity index (χ2v) is 13.1. The van der Waals surface area contributed by atoms with Gasteiger partial charge in [0.2, 0.25) is 10.0 Å². The highest BCUT2D eigenvalue weighted by atomic mass is 32.2. The number of hydrogen-bond acceptors (Lipinski definition) is 8. The van der Waals surface area contributed by atoms with E-state index in [-0.39, 0.29) is 37.3 Å². The quantitative estimate of drug-likeness (QED) is 0.368. The van der Waals surface area contributed by atoms with Gasteiger partial charge >= 0.3 is 16.2 Å². The van der Waals surface area contributed by atoms with Gasteiger partial charge in [-0.25, -0.2) is 21.8 Å². The number of carbonyl (C=O) groups excluding carboxylic acids is 2. The molecule has 1 saturated heterocycles. The summed E-state index contributed by atoms with van der Waals surface area (Å²) >= 11 is 0. The molecule has 1 fully saturated rings. The maximum atomic E-state index is 16.2. The number of ether oxygens (including phenoxy) is 2. The third-order valence-electron chi connectivity index (χ3n) is 6.77. The number of benzene rings is 3. The summed E-state index contributed by atoms with van der Waals surface area (Å²) in [5, 5.41) is 0.474. The lowest BCUT2D eigenvalue weighted by molar-refractivity contribution is -0.140. The van der Waals surface area contributed by atoms with Gasteiger partial charge in [0.25, 0.3) is 5.91 Å². The molecule has 1 amide bonds. The van der Waals surface area contributed by atoms with Gasteiger partial charge in [-0.15, -0.1) is 0 Å². The fraction of sp³-hybridized carbons (Fsp3) is 0.259. The molecule has 0 aliphatic carbocycles. The third kappa shape index (κ3) is 5.89. The van der Waals surface area contributed by atoms with E-state index in [4.69, 9.17) is 4.74 Å². The predicted molar refractivity (Wildman–Crippen MR) is 149 cm³/mol. The summed E-state index contributed by atoms with van der Waals surface area (Å²) in [6.07, 6.45) is 1.42. The smallest absolute Gasteiger partial charge is 0.326 e. The summed E-state index contributed by atoms with van der Waals surface area (Å²) in [5.41, 5.74) is 1.51. The summed E-state index contributed by atoms with van der Waals surface area (Å²) in [5.74, 6) is -2.81. The molecule has 11 nitrogen and oxygen atoms in total. The number of rotatable bonds is 9. The number of fused-ring (bicyclic) bond motifs is 1. The van der Waals surface area contributed by atoms with E-state index in [1.807, 2.05) is 10.8 Å². The Kier molecular flexibility index (Phi) is 7.72. The molecule has 0 aromatic heterocycles. The standard InChI is InChI=1S/C27H26FN3O8S2/c1-38-25(33)10-12-40(34,35)30-11-9-21(15-30)19-7-8-20-14-23(39-17-18-5-3-2-4-6-18)27(26(28)22(20)13-19)31-16-24(32)29-41(31,36)37/h2-9,13-14H,10-12,15-17H2,1H3,(H,29,32). The number of sulfonamides is 1. The predicted octanol–water partition coefficient (Wildman–Crippen LogP) is 2.33. The zero-order chi connectivity index (χ0) is 29.4. The van der Waals surface area contributed by atoms with Crippen molar-refractivity contribution in [1.29, 1.82) is 0 Å². The van der Waals surface area contributed by atoms with E-state index in [1.54, 1.807) is 42.5 Å². The summed E-state index contributed by atoms with van der Waals surface area (Å²) in [6.45, 7) is -0.494. The molecule has 0 radical (unpaired) electrons. The average molecular weight is 604 g/mol. The average Bonchev–Trinajstić information content (AvgIpc) is 3.55. The Balaban J connectivity index is 1.49. The molecular weight excluding hydrogens is 577 g/mol. The van der Waals surface area contributed by atoms with Gasteiger partial charge in [-0.3, -0.25) is 9.59 Å². The van der Waals surface area contributed by atoms with Gasteiger partial charge in [-0.2, -0.15) is 12.7 Å². The number of nitrogens with zero attached hydrogens (tertiary/aromatic N) is 2. The van der Waals surface area contributed by atoms with Crippen molar-refractivity contribution in [1.82, 2.24) is 9.03 Å². The minimum atomic E-state index is -4.35. The Morgan fingerprint density at radius 1 is 1.10 bits per heavy atom. The normalized spacial score (nSPS) is 17.0. The topological polar surface area (TPSA) is 139 Å². The number of nitrogens with one attached hydrogen (secondary N) is 1. The summed E-state index contributed by atoms with van der Waals surface area (Å²) < 4.78 is 81.1. The van der Waals surface area contributed by atoms with Crippen molar-refractivity contribution in [3.05, 3.63) is 77.6 Å². The van der Waals surface area contributed by atoms with Gasteiger partial charge < -0.3 is 9.47 Å². The number of hydrogen-bond donors (Lipinski definition) is 1. The Morgan fingerprint density at radius 3 is 2.54 bits per heavy atom. The van der Waals surface area contributed by atoms with Crippen molar-refractivity contribution in [3.63, 3.8) is 0 Å². The van der Waals surface area contributed by atoms with Gasteiger partial charge in [-0.1, -0.05) is 48.5 Å². The molecule has 0 spiro atoms. The Bertz CT molecular complexity index is 1780. The number of methoxy groups -OCH3 is 1. The number of amides is 1. The van der Waals surface area contributed by atoms with Crippen LogP contribution in [0.15, 0.2) is 60.7 Å². The first-order chi connectivity index (χ1) is 19.5. The van der Waals surface area contributed by atoms with E-state index in [2.05, 4.69) is 4.74 Å². The summed E-state index contributed by atoms with van der Waals surface area (Å²) in [7, 11) is -6.92. The van der Waals surface area contributed by atoms with Crippen molar-refractivity contribution in [2.75, 3.05) is 36.8 Å². The van der Waals surface area contributed by atoms with Crippen molar-refractivity contribution in [2.24, 2.45) is 0 Å². The number of carbonyl (C=O) groups is 2. The minimum absolute atomic E-state index is 0.0146.